The molecule has 0 saturated carbocycles. The number of para-hydroxylation sites is 2. The summed E-state index contributed by atoms with van der Waals surface area (Å²) >= 11 is 1.84. The van der Waals surface area contributed by atoms with Crippen molar-refractivity contribution in [2.45, 2.75) is 0 Å². The zero-order chi connectivity index (χ0) is 34.4. The third-order valence-corrected chi connectivity index (χ3v) is 11.0. The van der Waals surface area contributed by atoms with Crippen molar-refractivity contribution in [2.75, 3.05) is 9.80 Å². The van der Waals surface area contributed by atoms with Crippen LogP contribution in [0.25, 0.3) is 53.2 Å². The molecule has 2 heterocycles. The van der Waals surface area contributed by atoms with Gasteiger partial charge in [0.15, 0.2) is 0 Å². The summed E-state index contributed by atoms with van der Waals surface area (Å²) in [4.78, 5) is 4.63. The molecule has 0 bridgehead atoms. The lowest BCUT2D eigenvalue weighted by atomic mass is 10.0. The summed E-state index contributed by atoms with van der Waals surface area (Å²) in [6.07, 6.45) is 0. The molecule has 0 spiro atoms. The van der Waals surface area contributed by atoms with Crippen molar-refractivity contribution in [3.63, 3.8) is 0 Å². The van der Waals surface area contributed by atoms with Crippen LogP contribution in [-0.4, -0.2) is 0 Å². The summed E-state index contributed by atoms with van der Waals surface area (Å²) in [5, 5.41) is 4.73. The zero-order valence-corrected chi connectivity index (χ0v) is 29.0. The van der Waals surface area contributed by atoms with E-state index in [1.807, 2.05) is 11.3 Å². The van der Waals surface area contributed by atoms with Crippen LogP contribution in [0.5, 0.6) is 0 Å². The van der Waals surface area contributed by atoms with Gasteiger partial charge in [-0.25, -0.2) is 0 Å². The number of rotatable bonds is 7. The molecule has 0 fully saturated rings. The molecule has 4 heteroatoms. The van der Waals surface area contributed by atoms with Gasteiger partial charge in [-0.2, -0.15) is 0 Å². The van der Waals surface area contributed by atoms with Crippen LogP contribution in [0.2, 0.25) is 0 Å². The fourth-order valence-corrected chi connectivity index (χ4v) is 8.45. The van der Waals surface area contributed by atoms with Gasteiger partial charge in [-0.3, -0.25) is 0 Å². The molecule has 0 aliphatic carbocycles. The molecule has 0 N–H and O–H groups in total. The fraction of sp³-hybridized carbons (Fsp3) is 0. The second-order valence-electron chi connectivity index (χ2n) is 13.0. The summed E-state index contributed by atoms with van der Waals surface area (Å²) in [6, 6.07) is 69.0. The van der Waals surface area contributed by atoms with Crippen molar-refractivity contribution in [1.82, 2.24) is 0 Å². The van der Waals surface area contributed by atoms with Crippen LogP contribution >= 0.6 is 11.3 Å². The zero-order valence-electron chi connectivity index (χ0n) is 28.2. The van der Waals surface area contributed by atoms with Crippen LogP contribution in [-0.2, 0) is 0 Å². The Bertz CT molecular complexity index is 2840. The number of anilines is 6. The average Bonchev–Trinajstić information content (AvgIpc) is 3.77. The minimum absolute atomic E-state index is 0.853. The second kappa shape index (κ2) is 12.6. The SMILES string of the molecule is c1ccc(-c2ccc(N(c3ccccc3)c3ccc4oc5cc(N(c6ccccc6)c6ccc7sc8ccccc8c7c6)ccc5c4c3)cc2)cc1. The Labute approximate surface area is 305 Å². The molecule has 0 aliphatic heterocycles. The van der Waals surface area contributed by atoms with Crippen LogP contribution < -0.4 is 9.80 Å². The van der Waals surface area contributed by atoms with Crippen LogP contribution in [0.3, 0.4) is 0 Å². The number of hydrogen-bond acceptors (Lipinski definition) is 4. The van der Waals surface area contributed by atoms with Crippen molar-refractivity contribution in [2.24, 2.45) is 0 Å². The molecular weight excluding hydrogens is 653 g/mol. The van der Waals surface area contributed by atoms with E-state index in [1.54, 1.807) is 0 Å². The Morgan fingerprint density at radius 1 is 0.308 bits per heavy atom. The van der Waals surface area contributed by atoms with E-state index in [1.165, 1.54) is 31.3 Å². The number of benzene rings is 8. The lowest BCUT2D eigenvalue weighted by molar-refractivity contribution is 0.669. The largest absolute Gasteiger partial charge is 0.456 e. The van der Waals surface area contributed by atoms with E-state index in [9.17, 15) is 0 Å². The van der Waals surface area contributed by atoms with Crippen molar-refractivity contribution in [1.29, 1.82) is 0 Å². The average molecular weight is 685 g/mol. The van der Waals surface area contributed by atoms with Crippen molar-refractivity contribution in [3.8, 4) is 11.1 Å². The molecule has 52 heavy (non-hydrogen) atoms. The third kappa shape index (κ3) is 5.29. The van der Waals surface area contributed by atoms with E-state index in [0.29, 0.717) is 0 Å². The van der Waals surface area contributed by atoms with Crippen LogP contribution in [0.1, 0.15) is 0 Å². The predicted molar refractivity (Wildman–Crippen MR) is 221 cm³/mol. The van der Waals surface area contributed by atoms with Gasteiger partial charge in [-0.1, -0.05) is 97.1 Å². The Hall–Kier alpha value is -6.62. The molecule has 3 nitrogen and oxygen atoms in total. The lowest BCUT2D eigenvalue weighted by Crippen LogP contribution is -2.09. The Morgan fingerprint density at radius 2 is 0.808 bits per heavy atom. The smallest absolute Gasteiger partial charge is 0.137 e. The first-order chi connectivity index (χ1) is 25.8. The molecule has 0 radical (unpaired) electrons. The molecule has 0 aliphatic rings. The number of fused-ring (bicyclic) bond motifs is 6. The quantitative estimate of drug-likeness (QED) is 0.167. The first-order valence-electron chi connectivity index (χ1n) is 17.5. The van der Waals surface area contributed by atoms with Gasteiger partial charge >= 0.3 is 0 Å². The summed E-state index contributed by atoms with van der Waals surface area (Å²) < 4.78 is 9.19. The topological polar surface area (TPSA) is 19.6 Å². The molecule has 0 unspecified atom stereocenters. The van der Waals surface area contributed by atoms with Crippen LogP contribution in [0, 0.1) is 0 Å². The number of thiophene rings is 1. The highest BCUT2D eigenvalue weighted by Gasteiger charge is 2.19. The van der Waals surface area contributed by atoms with Gasteiger partial charge in [0.1, 0.15) is 11.2 Å². The lowest BCUT2D eigenvalue weighted by Gasteiger charge is -2.26. The summed E-state index contributed by atoms with van der Waals surface area (Å²) in [7, 11) is 0. The van der Waals surface area contributed by atoms with E-state index < -0.39 is 0 Å². The first-order valence-corrected chi connectivity index (χ1v) is 18.3. The number of hydrogen-bond donors (Lipinski definition) is 0. The van der Waals surface area contributed by atoms with Gasteiger partial charge in [0.05, 0.1) is 0 Å². The van der Waals surface area contributed by atoms with Gasteiger partial charge in [-0.05, 0) is 102 Å². The van der Waals surface area contributed by atoms with Crippen LogP contribution in [0.15, 0.2) is 199 Å². The van der Waals surface area contributed by atoms with E-state index >= 15 is 0 Å². The highest BCUT2D eigenvalue weighted by molar-refractivity contribution is 7.25. The predicted octanol–water partition coefficient (Wildman–Crippen LogP) is 14.6. The van der Waals surface area contributed by atoms with Gasteiger partial charge in [0.2, 0.25) is 0 Å². The summed E-state index contributed by atoms with van der Waals surface area (Å²) in [5.74, 6) is 0. The maximum Gasteiger partial charge on any atom is 0.137 e. The molecule has 0 amide bonds. The molecule has 246 valence electrons. The monoisotopic (exact) mass is 684 g/mol. The molecule has 0 saturated heterocycles. The van der Waals surface area contributed by atoms with Gasteiger partial charge in [0, 0.05) is 71.1 Å². The van der Waals surface area contributed by atoms with E-state index in [0.717, 1.165) is 56.1 Å². The second-order valence-corrected chi connectivity index (χ2v) is 14.1. The standard InChI is InChI=1S/C48H32N2OS/c1-4-12-33(13-5-1)34-20-22-37(23-21-34)49(35-14-6-2-7-15-35)38-25-28-45-43(30-38)41-27-24-40(32-46(41)51-45)50(36-16-8-3-9-17-36)39-26-29-48-44(31-39)42-18-10-11-19-47(42)52-48/h1-32H. The molecular formula is C48H32N2OS. The van der Waals surface area contributed by atoms with Crippen molar-refractivity contribution >= 4 is 87.6 Å². The molecule has 8 aromatic carbocycles. The summed E-state index contributed by atoms with van der Waals surface area (Å²) in [5.41, 5.74) is 10.6. The van der Waals surface area contributed by atoms with Gasteiger partial charge in [0.25, 0.3) is 0 Å². The minimum atomic E-state index is 0.853. The first kappa shape index (κ1) is 30.2. The highest BCUT2D eigenvalue weighted by Crippen LogP contribution is 2.43. The minimum Gasteiger partial charge on any atom is -0.456 e. The third-order valence-electron chi connectivity index (χ3n) is 9.83. The van der Waals surface area contributed by atoms with E-state index in [2.05, 4.69) is 204 Å². The van der Waals surface area contributed by atoms with E-state index in [4.69, 9.17) is 4.42 Å². The van der Waals surface area contributed by atoms with E-state index in [-0.39, 0.29) is 0 Å². The van der Waals surface area contributed by atoms with Crippen molar-refractivity contribution in [3.05, 3.63) is 194 Å². The van der Waals surface area contributed by atoms with Gasteiger partial charge in [-0.15, -0.1) is 11.3 Å². The van der Waals surface area contributed by atoms with Crippen molar-refractivity contribution < 1.29 is 4.42 Å². The Kier molecular flexibility index (Phi) is 7.33. The Morgan fingerprint density at radius 3 is 1.54 bits per heavy atom. The molecule has 10 aromatic rings. The van der Waals surface area contributed by atoms with Crippen LogP contribution in [0.4, 0.5) is 34.1 Å². The number of furan rings is 1. The maximum absolute atomic E-state index is 6.60. The Balaban J connectivity index is 1.07. The normalized spacial score (nSPS) is 11.5. The molecule has 2 aromatic heterocycles. The fourth-order valence-electron chi connectivity index (χ4n) is 7.37. The molecule has 10 rings (SSSR count). The van der Waals surface area contributed by atoms with Gasteiger partial charge < -0.3 is 14.2 Å². The molecule has 0 atom stereocenters. The summed E-state index contributed by atoms with van der Waals surface area (Å²) in [6.45, 7) is 0. The number of nitrogens with zero attached hydrogens (tertiary/aromatic N) is 2. The highest BCUT2D eigenvalue weighted by atomic mass is 32.1. The maximum atomic E-state index is 6.60.